The van der Waals surface area contributed by atoms with E-state index in [4.69, 9.17) is 11.6 Å². The minimum absolute atomic E-state index is 0.0667. The summed E-state index contributed by atoms with van der Waals surface area (Å²) in [5.74, 6) is 0.309. The molecule has 1 aromatic carbocycles. The standard InChI is InChI=1S/C18H21ClFNO/c19-15-12-13(7-9-16(15)20)8-10-18(22)21-11-3-5-14-4-1-2-6-17(14)21/h7-10,12,14,17H,1-6,11H2/b10-8+. The molecule has 1 saturated carbocycles. The van der Waals surface area contributed by atoms with Gasteiger partial charge in [-0.2, -0.15) is 0 Å². The van der Waals surface area contributed by atoms with Gasteiger partial charge >= 0.3 is 0 Å². The van der Waals surface area contributed by atoms with E-state index in [1.165, 1.54) is 31.7 Å². The molecule has 0 radical (unpaired) electrons. The molecule has 0 aromatic heterocycles. The van der Waals surface area contributed by atoms with Crippen LogP contribution in [0.3, 0.4) is 0 Å². The van der Waals surface area contributed by atoms with Crippen molar-refractivity contribution in [3.63, 3.8) is 0 Å². The summed E-state index contributed by atoms with van der Waals surface area (Å²) in [6.45, 7) is 0.856. The van der Waals surface area contributed by atoms with Gasteiger partial charge in [-0.1, -0.05) is 30.5 Å². The number of rotatable bonds is 2. The van der Waals surface area contributed by atoms with E-state index in [1.54, 1.807) is 24.3 Å². The lowest BCUT2D eigenvalue weighted by atomic mass is 9.78. The number of amides is 1. The highest BCUT2D eigenvalue weighted by atomic mass is 35.5. The summed E-state index contributed by atoms with van der Waals surface area (Å²) < 4.78 is 13.1. The Morgan fingerprint density at radius 1 is 1.23 bits per heavy atom. The summed E-state index contributed by atoms with van der Waals surface area (Å²) in [5.41, 5.74) is 0.747. The molecule has 2 atom stereocenters. The number of fused-ring (bicyclic) bond motifs is 1. The maximum atomic E-state index is 13.1. The molecular weight excluding hydrogens is 301 g/mol. The van der Waals surface area contributed by atoms with Gasteiger partial charge in [0.2, 0.25) is 5.91 Å². The zero-order chi connectivity index (χ0) is 15.5. The first-order chi connectivity index (χ1) is 10.6. The number of hydrogen-bond donors (Lipinski definition) is 0. The van der Waals surface area contributed by atoms with Crippen LogP contribution in [0.25, 0.3) is 6.08 Å². The third kappa shape index (κ3) is 3.35. The third-order valence-corrected chi connectivity index (χ3v) is 5.18. The minimum Gasteiger partial charge on any atom is -0.336 e. The van der Waals surface area contributed by atoms with Crippen LogP contribution in [-0.2, 0) is 4.79 Å². The van der Waals surface area contributed by atoms with Crippen molar-refractivity contribution in [3.05, 3.63) is 40.7 Å². The van der Waals surface area contributed by atoms with Gasteiger partial charge in [-0.15, -0.1) is 0 Å². The van der Waals surface area contributed by atoms with Gasteiger partial charge in [0.25, 0.3) is 0 Å². The Bertz CT molecular complexity index is 584. The van der Waals surface area contributed by atoms with Crippen LogP contribution in [0.5, 0.6) is 0 Å². The summed E-state index contributed by atoms with van der Waals surface area (Å²) in [6, 6.07) is 4.91. The van der Waals surface area contributed by atoms with Crippen molar-refractivity contribution in [2.24, 2.45) is 5.92 Å². The monoisotopic (exact) mass is 321 g/mol. The lowest BCUT2D eigenvalue weighted by Gasteiger charge is -2.43. The van der Waals surface area contributed by atoms with Crippen LogP contribution >= 0.6 is 11.6 Å². The first-order valence-corrected chi connectivity index (χ1v) is 8.46. The van der Waals surface area contributed by atoms with Gasteiger partial charge in [-0.05, 0) is 55.4 Å². The second-order valence-electron chi connectivity index (χ2n) is 6.29. The Labute approximate surface area is 135 Å². The van der Waals surface area contributed by atoms with Gasteiger partial charge in [0.1, 0.15) is 5.82 Å². The first-order valence-electron chi connectivity index (χ1n) is 8.09. The highest BCUT2D eigenvalue weighted by molar-refractivity contribution is 6.30. The molecule has 2 unspecified atom stereocenters. The van der Waals surface area contributed by atoms with E-state index in [-0.39, 0.29) is 10.9 Å². The quantitative estimate of drug-likeness (QED) is 0.725. The average Bonchev–Trinajstić information content (AvgIpc) is 2.55. The molecule has 1 saturated heterocycles. The van der Waals surface area contributed by atoms with Crippen LogP contribution in [-0.4, -0.2) is 23.4 Å². The van der Waals surface area contributed by atoms with E-state index in [1.807, 2.05) is 4.90 Å². The number of halogens is 2. The second kappa shape index (κ2) is 6.82. The van der Waals surface area contributed by atoms with Crippen molar-refractivity contribution in [1.82, 2.24) is 4.90 Å². The maximum Gasteiger partial charge on any atom is 0.246 e. The molecule has 4 heteroatoms. The predicted octanol–water partition coefficient (Wildman–Crippen LogP) is 4.67. The topological polar surface area (TPSA) is 20.3 Å². The molecule has 1 aliphatic carbocycles. The van der Waals surface area contributed by atoms with Crippen molar-refractivity contribution >= 4 is 23.6 Å². The minimum atomic E-state index is -0.439. The lowest BCUT2D eigenvalue weighted by Crippen LogP contribution is -2.49. The maximum absolute atomic E-state index is 13.1. The molecule has 1 heterocycles. The fourth-order valence-corrected chi connectivity index (χ4v) is 3.97. The largest absolute Gasteiger partial charge is 0.336 e. The van der Waals surface area contributed by atoms with E-state index in [2.05, 4.69) is 0 Å². The van der Waals surface area contributed by atoms with E-state index >= 15 is 0 Å². The summed E-state index contributed by atoms with van der Waals surface area (Å²) >= 11 is 5.76. The van der Waals surface area contributed by atoms with E-state index in [9.17, 15) is 9.18 Å². The summed E-state index contributed by atoms with van der Waals surface area (Å²) in [7, 11) is 0. The zero-order valence-corrected chi connectivity index (χ0v) is 13.4. The van der Waals surface area contributed by atoms with Crippen LogP contribution in [0.1, 0.15) is 44.1 Å². The Morgan fingerprint density at radius 3 is 2.82 bits per heavy atom. The van der Waals surface area contributed by atoms with Gasteiger partial charge in [-0.3, -0.25) is 4.79 Å². The zero-order valence-electron chi connectivity index (χ0n) is 12.6. The van der Waals surface area contributed by atoms with Crippen molar-refractivity contribution in [1.29, 1.82) is 0 Å². The number of hydrogen-bond acceptors (Lipinski definition) is 1. The normalized spacial score (nSPS) is 25.3. The van der Waals surface area contributed by atoms with Crippen molar-refractivity contribution in [2.75, 3.05) is 6.54 Å². The molecule has 1 amide bonds. The molecule has 2 fully saturated rings. The summed E-state index contributed by atoms with van der Waals surface area (Å²) in [6.07, 6.45) is 10.6. The fraction of sp³-hybridized carbons (Fsp3) is 0.500. The molecular formula is C18H21ClFNO. The molecule has 1 aliphatic heterocycles. The smallest absolute Gasteiger partial charge is 0.246 e. The highest BCUT2D eigenvalue weighted by Crippen LogP contribution is 2.35. The third-order valence-electron chi connectivity index (χ3n) is 4.89. The summed E-state index contributed by atoms with van der Waals surface area (Å²) in [5, 5.41) is 0.0833. The molecule has 0 spiro atoms. The number of nitrogens with zero attached hydrogens (tertiary/aromatic N) is 1. The van der Waals surface area contributed by atoms with Gasteiger partial charge in [-0.25, -0.2) is 4.39 Å². The van der Waals surface area contributed by atoms with Gasteiger partial charge in [0, 0.05) is 18.7 Å². The van der Waals surface area contributed by atoms with Crippen LogP contribution in [0, 0.1) is 11.7 Å². The predicted molar refractivity (Wildman–Crippen MR) is 87.1 cm³/mol. The van der Waals surface area contributed by atoms with Crippen LogP contribution < -0.4 is 0 Å². The Morgan fingerprint density at radius 2 is 2.00 bits per heavy atom. The van der Waals surface area contributed by atoms with E-state index in [0.717, 1.165) is 24.9 Å². The molecule has 118 valence electrons. The van der Waals surface area contributed by atoms with E-state index in [0.29, 0.717) is 12.0 Å². The van der Waals surface area contributed by atoms with Gasteiger partial charge in [0.05, 0.1) is 5.02 Å². The number of piperidine rings is 1. The lowest BCUT2D eigenvalue weighted by molar-refractivity contribution is -0.132. The van der Waals surface area contributed by atoms with Gasteiger partial charge in [0.15, 0.2) is 0 Å². The summed E-state index contributed by atoms with van der Waals surface area (Å²) in [4.78, 5) is 14.5. The number of likely N-dealkylation sites (tertiary alicyclic amines) is 1. The SMILES string of the molecule is O=C(/C=C/c1ccc(F)c(Cl)c1)N1CCCC2CCCCC21. The van der Waals surface area contributed by atoms with E-state index < -0.39 is 5.82 Å². The highest BCUT2D eigenvalue weighted by Gasteiger charge is 2.34. The number of carbonyl (C=O) groups is 1. The molecule has 2 aliphatic rings. The number of benzene rings is 1. The molecule has 22 heavy (non-hydrogen) atoms. The van der Waals surface area contributed by atoms with Crippen LogP contribution in [0.15, 0.2) is 24.3 Å². The molecule has 2 nitrogen and oxygen atoms in total. The number of carbonyl (C=O) groups excluding carboxylic acids is 1. The first kappa shape index (κ1) is 15.5. The molecule has 0 N–H and O–H groups in total. The fourth-order valence-electron chi connectivity index (χ4n) is 3.78. The average molecular weight is 322 g/mol. The molecule has 1 aromatic rings. The van der Waals surface area contributed by atoms with Crippen LogP contribution in [0.2, 0.25) is 5.02 Å². The Hall–Kier alpha value is -1.35. The second-order valence-corrected chi connectivity index (χ2v) is 6.70. The van der Waals surface area contributed by atoms with Crippen molar-refractivity contribution in [2.45, 2.75) is 44.6 Å². The molecule has 0 bridgehead atoms. The van der Waals surface area contributed by atoms with Crippen molar-refractivity contribution < 1.29 is 9.18 Å². The van der Waals surface area contributed by atoms with Crippen LogP contribution in [0.4, 0.5) is 4.39 Å². The van der Waals surface area contributed by atoms with Gasteiger partial charge < -0.3 is 4.90 Å². The Balaban J connectivity index is 1.70. The molecule has 3 rings (SSSR count). The Kier molecular flexibility index (Phi) is 4.82. The van der Waals surface area contributed by atoms with Crippen molar-refractivity contribution in [3.8, 4) is 0 Å².